The van der Waals surface area contributed by atoms with Gasteiger partial charge < -0.3 is 0 Å². The predicted molar refractivity (Wildman–Crippen MR) is 39.3 cm³/mol. The predicted octanol–water partition coefficient (Wildman–Crippen LogP) is -0.258. The molecule has 0 amide bonds. The molecule has 0 rings (SSSR count). The van der Waals surface area contributed by atoms with Crippen LogP contribution in [0.15, 0.2) is 8.90 Å². The fraction of sp³-hybridized carbons (Fsp3) is 0.500. The molecule has 0 radical (unpaired) electrons. The van der Waals surface area contributed by atoms with E-state index in [2.05, 4.69) is 0 Å². The number of carboxylic acid groups (broad SMARTS) is 1. The van der Waals surface area contributed by atoms with Gasteiger partial charge in [0.05, 0.1) is 0 Å². The molecule has 0 aromatic carbocycles. The maximum absolute atomic E-state index is 10.5. The first-order chi connectivity index (χ1) is 5.17. The van der Waals surface area contributed by atoms with Gasteiger partial charge in [0.25, 0.3) is 0 Å². The van der Waals surface area contributed by atoms with Gasteiger partial charge in [0.15, 0.2) is 0 Å². The summed E-state index contributed by atoms with van der Waals surface area (Å²) in [6.07, 6.45) is -0.745. The van der Waals surface area contributed by atoms with E-state index >= 15 is 0 Å². The molecular weight excluding hydrogens is 159 g/mol. The fourth-order valence-corrected chi connectivity index (χ4v) is 1.23. The van der Waals surface area contributed by atoms with Crippen LogP contribution < -0.4 is 0 Å². The molecule has 0 saturated carbocycles. The van der Waals surface area contributed by atoms with E-state index in [9.17, 15) is 4.79 Å². The van der Waals surface area contributed by atoms with E-state index in [0.717, 1.165) is 0 Å². The zero-order chi connectivity index (χ0) is 8.85. The van der Waals surface area contributed by atoms with Crippen molar-refractivity contribution in [1.82, 2.24) is 0 Å². The monoisotopic (exact) mass is 168 g/mol. The van der Waals surface area contributed by atoms with Crippen molar-refractivity contribution < 1.29 is 19.4 Å². The summed E-state index contributed by atoms with van der Waals surface area (Å²) in [4.78, 5) is 10.5. The Morgan fingerprint density at radius 1 is 1.55 bits per heavy atom. The molecule has 11 heavy (non-hydrogen) atoms. The van der Waals surface area contributed by atoms with Gasteiger partial charge in [-0.25, -0.2) is 0 Å². The van der Waals surface area contributed by atoms with Gasteiger partial charge in [-0.1, -0.05) is 0 Å². The van der Waals surface area contributed by atoms with Crippen molar-refractivity contribution in [3.05, 3.63) is 8.90 Å². The molecule has 4 nitrogen and oxygen atoms in total. The van der Waals surface area contributed by atoms with Crippen molar-refractivity contribution in [3.63, 3.8) is 0 Å². The van der Waals surface area contributed by atoms with Gasteiger partial charge in [0.1, 0.15) is 0 Å². The summed E-state index contributed by atoms with van der Waals surface area (Å²) in [6.45, 7) is 0. The molecule has 0 spiro atoms. The van der Waals surface area contributed by atoms with Crippen LogP contribution in [0.1, 0.15) is 0 Å². The third-order valence-corrected chi connectivity index (χ3v) is 1.86. The summed E-state index contributed by atoms with van der Waals surface area (Å²) in [5, 5.41) is 8.60. The second-order valence-corrected chi connectivity index (χ2v) is 2.43. The molecule has 0 bridgehead atoms. The van der Waals surface area contributed by atoms with Crippen molar-refractivity contribution in [2.45, 2.75) is 6.29 Å². The summed E-state index contributed by atoms with van der Waals surface area (Å²) in [5.41, 5.74) is 0.168. The molecule has 0 aromatic heterocycles. The Morgan fingerprint density at radius 2 is 2.00 bits per heavy atom. The van der Waals surface area contributed by atoms with Crippen LogP contribution in [0.25, 0.3) is 0 Å². The average molecular weight is 168 g/mol. The van der Waals surface area contributed by atoms with Gasteiger partial charge in [0, 0.05) is 0 Å². The van der Waals surface area contributed by atoms with E-state index in [1.807, 2.05) is 0 Å². The van der Waals surface area contributed by atoms with Crippen LogP contribution in [-0.2, 0) is 14.3 Å². The van der Waals surface area contributed by atoms with Crippen LogP contribution in [0.3, 0.4) is 0 Å². The van der Waals surface area contributed by atoms with E-state index in [0.29, 0.717) is 27.9 Å². The summed E-state index contributed by atoms with van der Waals surface area (Å²) < 4.78 is 11.1. The van der Waals surface area contributed by atoms with Crippen molar-refractivity contribution in [1.29, 1.82) is 0 Å². The zero-order valence-electron chi connectivity index (χ0n) is 6.83. The van der Waals surface area contributed by atoms with Crippen LogP contribution in [0.5, 0.6) is 0 Å². The number of aliphatic carboxylic acids is 1. The normalized spacial score (nSPS) is 12.3. The molecule has 0 unspecified atom stereocenters. The van der Waals surface area contributed by atoms with Gasteiger partial charge >= 0.3 is 82.7 Å². The second kappa shape index (κ2) is 5.74. The molecule has 0 aliphatic carbocycles. The molecule has 58 valence electrons. The standard InChI is InChI=1S/C6H9O4.Na/c1-4(5(7)8)6(9-2)10-3;/h1,6H,2-3H3,(H,7,8);. The number of methoxy groups -OCH3 is 2. The molecule has 0 aliphatic rings. The number of rotatable bonds is 4. The Bertz CT molecular complexity index is 162. The van der Waals surface area contributed by atoms with Gasteiger partial charge in [-0.3, -0.25) is 0 Å². The van der Waals surface area contributed by atoms with Crippen molar-refractivity contribution in [3.8, 4) is 0 Å². The molecule has 0 fully saturated rings. The Kier molecular flexibility index (Phi) is 5.81. The summed E-state index contributed by atoms with van der Waals surface area (Å²) in [7, 11) is 2.81. The van der Waals surface area contributed by atoms with Crippen LogP contribution >= 0.6 is 0 Å². The SMILES string of the molecule is COC(OC)/C(=[CH]\[Na])C(=O)O. The first-order valence-electron chi connectivity index (χ1n) is 3.12. The minimum absolute atomic E-state index is 0.168. The third kappa shape index (κ3) is 3.35. The molecule has 5 heteroatoms. The topological polar surface area (TPSA) is 55.8 Å². The summed E-state index contributed by atoms with van der Waals surface area (Å²) in [6, 6.07) is 0. The number of hydrogen-bond donors (Lipinski definition) is 1. The Morgan fingerprint density at radius 3 is 2.09 bits per heavy atom. The van der Waals surface area contributed by atoms with E-state index in [1.165, 1.54) is 14.2 Å². The third-order valence-electron chi connectivity index (χ3n) is 1.24. The quantitative estimate of drug-likeness (QED) is 0.357. The molecule has 0 heterocycles. The molecule has 1 N–H and O–H groups in total. The number of carbonyl (C=O) groups is 1. The fourth-order valence-electron chi connectivity index (χ4n) is 0.711. The van der Waals surface area contributed by atoms with E-state index < -0.39 is 12.3 Å². The molecule has 0 aliphatic heterocycles. The Balaban J connectivity index is 4.36. The van der Waals surface area contributed by atoms with E-state index in [1.54, 1.807) is 3.33 Å². The minimum atomic E-state index is -0.992. The Labute approximate surface area is 82.6 Å². The average Bonchev–Trinajstić information content (AvgIpc) is 1.99. The van der Waals surface area contributed by atoms with Crippen LogP contribution in [0.4, 0.5) is 0 Å². The number of carboxylic acids is 1. The zero-order valence-corrected chi connectivity index (χ0v) is 8.83. The van der Waals surface area contributed by atoms with Crippen LogP contribution in [-0.4, -0.2) is 59.5 Å². The second-order valence-electron chi connectivity index (χ2n) is 1.85. The number of hydrogen-bond acceptors (Lipinski definition) is 3. The number of ether oxygens (including phenoxy) is 2. The van der Waals surface area contributed by atoms with Crippen LogP contribution in [0.2, 0.25) is 0 Å². The molecule has 0 atom stereocenters. The van der Waals surface area contributed by atoms with Crippen molar-refractivity contribution in [2.24, 2.45) is 0 Å². The van der Waals surface area contributed by atoms with E-state index in [-0.39, 0.29) is 5.57 Å². The van der Waals surface area contributed by atoms with Gasteiger partial charge in [-0.05, 0) is 0 Å². The first-order valence-corrected chi connectivity index (χ1v) is 4.28. The molecule has 0 saturated heterocycles. The molecular formula is C6H9NaO4. The van der Waals surface area contributed by atoms with Crippen molar-refractivity contribution in [2.75, 3.05) is 14.2 Å². The maximum atomic E-state index is 10.5. The van der Waals surface area contributed by atoms with Gasteiger partial charge in [-0.2, -0.15) is 0 Å². The van der Waals surface area contributed by atoms with Gasteiger partial charge in [-0.15, -0.1) is 0 Å². The van der Waals surface area contributed by atoms with Gasteiger partial charge in [0.2, 0.25) is 0 Å². The van der Waals surface area contributed by atoms with Crippen molar-refractivity contribution >= 4 is 33.9 Å². The molecule has 0 aromatic rings. The van der Waals surface area contributed by atoms with E-state index in [4.69, 9.17) is 14.6 Å². The van der Waals surface area contributed by atoms with Crippen LogP contribution in [0, 0.1) is 0 Å². The Hall–Kier alpha value is 0.130. The first kappa shape index (κ1) is 11.1. The summed E-state index contributed by atoms with van der Waals surface area (Å²) in [5.74, 6) is -0.992. The summed E-state index contributed by atoms with van der Waals surface area (Å²) >= 11 is 0.674.